The Kier molecular flexibility index (Phi) is 2.29. The molecule has 0 fully saturated rings. The summed E-state index contributed by atoms with van der Waals surface area (Å²) in [7, 11) is 0. The summed E-state index contributed by atoms with van der Waals surface area (Å²) in [5.74, 6) is 0.393. The summed E-state index contributed by atoms with van der Waals surface area (Å²) in [6, 6.07) is 1.86. The monoisotopic (exact) mass is 184 g/mol. The zero-order valence-corrected chi connectivity index (χ0v) is 8.31. The predicted octanol–water partition coefficient (Wildman–Crippen LogP) is 2.61. The number of nitrogens with zero attached hydrogens (tertiary/aromatic N) is 1. The molecule has 0 radical (unpaired) electrons. The molecule has 2 N–H and O–H groups in total. The molecule has 0 aliphatic heterocycles. The van der Waals surface area contributed by atoms with Gasteiger partial charge in [0.25, 0.3) is 0 Å². The van der Waals surface area contributed by atoms with Crippen molar-refractivity contribution >= 4 is 17.4 Å². The molecule has 0 aromatic carbocycles. The zero-order chi connectivity index (χ0) is 9.35. The first-order valence-electron chi connectivity index (χ1n) is 3.83. The van der Waals surface area contributed by atoms with Crippen molar-refractivity contribution in [2.75, 3.05) is 5.73 Å². The van der Waals surface area contributed by atoms with Crippen molar-refractivity contribution in [3.8, 4) is 0 Å². The maximum atomic E-state index is 5.83. The molecule has 3 heteroatoms. The average molecular weight is 185 g/mol. The van der Waals surface area contributed by atoms with Crippen LogP contribution in [-0.4, -0.2) is 4.98 Å². The first-order valence-corrected chi connectivity index (χ1v) is 4.20. The number of nitrogen functional groups attached to an aromatic ring is 1. The second-order valence-corrected chi connectivity index (χ2v) is 4.25. The van der Waals surface area contributed by atoms with Crippen LogP contribution in [0.5, 0.6) is 0 Å². The summed E-state index contributed by atoms with van der Waals surface area (Å²) in [5, 5.41) is 0.530. The molecule has 1 aromatic rings. The van der Waals surface area contributed by atoms with E-state index in [9.17, 15) is 0 Å². The van der Waals surface area contributed by atoms with Crippen LogP contribution in [0.15, 0.2) is 12.3 Å². The predicted molar refractivity (Wildman–Crippen MR) is 52.4 cm³/mol. The van der Waals surface area contributed by atoms with Crippen LogP contribution in [0.25, 0.3) is 0 Å². The Bertz CT molecular complexity index is 289. The fourth-order valence-corrected chi connectivity index (χ4v) is 1.02. The van der Waals surface area contributed by atoms with E-state index in [1.165, 1.54) is 0 Å². The van der Waals surface area contributed by atoms with Crippen LogP contribution in [0.1, 0.15) is 26.3 Å². The quantitative estimate of drug-likeness (QED) is 0.673. The van der Waals surface area contributed by atoms with Gasteiger partial charge in [-0.15, -0.1) is 0 Å². The number of anilines is 1. The van der Waals surface area contributed by atoms with E-state index in [2.05, 4.69) is 25.8 Å². The third-order valence-corrected chi connectivity index (χ3v) is 2.04. The number of halogens is 1. The van der Waals surface area contributed by atoms with Crippen LogP contribution in [0, 0.1) is 0 Å². The van der Waals surface area contributed by atoms with Gasteiger partial charge in [-0.05, 0) is 17.0 Å². The Hall–Kier alpha value is -0.760. The van der Waals surface area contributed by atoms with Crippen LogP contribution >= 0.6 is 11.6 Å². The molecule has 0 saturated heterocycles. The van der Waals surface area contributed by atoms with Gasteiger partial charge in [-0.3, -0.25) is 0 Å². The summed E-state index contributed by atoms with van der Waals surface area (Å²) in [6.07, 6.45) is 1.77. The van der Waals surface area contributed by atoms with Crippen molar-refractivity contribution < 1.29 is 0 Å². The highest BCUT2D eigenvalue weighted by atomic mass is 35.5. The standard InChI is InChI=1S/C9H13ClN2/c1-9(2,3)6-4-7(10)8(11)12-5-6/h4-5H,1-3H3,(H2,11,12). The van der Waals surface area contributed by atoms with Gasteiger partial charge in [0, 0.05) is 6.20 Å². The highest BCUT2D eigenvalue weighted by Gasteiger charge is 2.14. The lowest BCUT2D eigenvalue weighted by atomic mass is 9.88. The van der Waals surface area contributed by atoms with Gasteiger partial charge in [-0.1, -0.05) is 32.4 Å². The lowest BCUT2D eigenvalue weighted by Crippen LogP contribution is -2.11. The van der Waals surface area contributed by atoms with Gasteiger partial charge in [0.05, 0.1) is 5.02 Å². The molecular formula is C9H13ClN2. The smallest absolute Gasteiger partial charge is 0.142 e. The lowest BCUT2D eigenvalue weighted by Gasteiger charge is -2.18. The van der Waals surface area contributed by atoms with E-state index in [0.29, 0.717) is 10.8 Å². The minimum atomic E-state index is 0.0737. The molecule has 0 atom stereocenters. The first-order chi connectivity index (χ1) is 5.41. The van der Waals surface area contributed by atoms with Crippen LogP contribution in [-0.2, 0) is 5.41 Å². The molecule has 2 nitrogen and oxygen atoms in total. The molecular weight excluding hydrogens is 172 g/mol. The zero-order valence-electron chi connectivity index (χ0n) is 7.56. The minimum absolute atomic E-state index is 0.0737. The molecule has 1 heterocycles. The molecule has 1 rings (SSSR count). The molecule has 0 saturated carbocycles. The molecule has 0 bridgehead atoms. The number of hydrogen-bond donors (Lipinski definition) is 1. The van der Waals surface area contributed by atoms with E-state index in [-0.39, 0.29) is 5.41 Å². The van der Waals surface area contributed by atoms with E-state index in [1.807, 2.05) is 6.07 Å². The van der Waals surface area contributed by atoms with Crippen LogP contribution in [0.2, 0.25) is 5.02 Å². The molecule has 0 aliphatic carbocycles. The van der Waals surface area contributed by atoms with Gasteiger partial charge in [-0.2, -0.15) is 0 Å². The Morgan fingerprint density at radius 2 is 2.00 bits per heavy atom. The third kappa shape index (κ3) is 1.89. The average Bonchev–Trinajstić information content (AvgIpc) is 1.92. The number of aromatic nitrogens is 1. The van der Waals surface area contributed by atoms with Crippen LogP contribution in [0.3, 0.4) is 0 Å². The van der Waals surface area contributed by atoms with E-state index in [1.54, 1.807) is 6.20 Å². The Balaban J connectivity index is 3.14. The van der Waals surface area contributed by atoms with Crippen molar-refractivity contribution in [2.45, 2.75) is 26.2 Å². The number of hydrogen-bond acceptors (Lipinski definition) is 2. The van der Waals surface area contributed by atoms with Gasteiger partial charge in [0.1, 0.15) is 5.82 Å². The Morgan fingerprint density at radius 1 is 1.42 bits per heavy atom. The fourth-order valence-electron chi connectivity index (χ4n) is 0.859. The highest BCUT2D eigenvalue weighted by molar-refractivity contribution is 6.32. The first kappa shape index (κ1) is 9.33. The molecule has 0 amide bonds. The second-order valence-electron chi connectivity index (χ2n) is 3.84. The molecule has 0 aliphatic rings. The molecule has 0 unspecified atom stereocenters. The van der Waals surface area contributed by atoms with Gasteiger partial charge in [0.15, 0.2) is 0 Å². The highest BCUT2D eigenvalue weighted by Crippen LogP contribution is 2.26. The van der Waals surface area contributed by atoms with Gasteiger partial charge < -0.3 is 5.73 Å². The van der Waals surface area contributed by atoms with E-state index in [0.717, 1.165) is 5.56 Å². The summed E-state index contributed by atoms with van der Waals surface area (Å²) >= 11 is 5.83. The maximum Gasteiger partial charge on any atom is 0.142 e. The van der Waals surface area contributed by atoms with Crippen molar-refractivity contribution in [1.29, 1.82) is 0 Å². The fraction of sp³-hybridized carbons (Fsp3) is 0.444. The number of pyridine rings is 1. The maximum absolute atomic E-state index is 5.83. The van der Waals surface area contributed by atoms with E-state index < -0.39 is 0 Å². The van der Waals surface area contributed by atoms with Gasteiger partial charge >= 0.3 is 0 Å². The largest absolute Gasteiger partial charge is 0.382 e. The SMILES string of the molecule is CC(C)(C)c1cnc(N)c(Cl)c1. The van der Waals surface area contributed by atoms with Crippen molar-refractivity contribution in [1.82, 2.24) is 4.98 Å². The Morgan fingerprint density at radius 3 is 2.42 bits per heavy atom. The molecule has 12 heavy (non-hydrogen) atoms. The minimum Gasteiger partial charge on any atom is -0.382 e. The van der Waals surface area contributed by atoms with E-state index >= 15 is 0 Å². The molecule has 0 spiro atoms. The van der Waals surface area contributed by atoms with E-state index in [4.69, 9.17) is 17.3 Å². The second kappa shape index (κ2) is 2.94. The lowest BCUT2D eigenvalue weighted by molar-refractivity contribution is 0.588. The normalized spacial score (nSPS) is 11.7. The van der Waals surface area contributed by atoms with Crippen molar-refractivity contribution in [3.05, 3.63) is 22.8 Å². The van der Waals surface area contributed by atoms with Gasteiger partial charge in [0.2, 0.25) is 0 Å². The van der Waals surface area contributed by atoms with Gasteiger partial charge in [-0.25, -0.2) is 4.98 Å². The number of nitrogens with two attached hydrogens (primary N) is 1. The number of rotatable bonds is 0. The summed E-state index contributed by atoms with van der Waals surface area (Å²) in [5.41, 5.74) is 6.66. The van der Waals surface area contributed by atoms with Crippen molar-refractivity contribution in [2.24, 2.45) is 0 Å². The summed E-state index contributed by atoms with van der Waals surface area (Å²) < 4.78 is 0. The van der Waals surface area contributed by atoms with Crippen LogP contribution < -0.4 is 5.73 Å². The van der Waals surface area contributed by atoms with Crippen molar-refractivity contribution in [3.63, 3.8) is 0 Å². The molecule has 1 aromatic heterocycles. The Labute approximate surface area is 77.8 Å². The molecule has 66 valence electrons. The van der Waals surface area contributed by atoms with Crippen LogP contribution in [0.4, 0.5) is 5.82 Å². The third-order valence-electron chi connectivity index (χ3n) is 1.74. The summed E-state index contributed by atoms with van der Waals surface area (Å²) in [4.78, 5) is 3.99. The summed E-state index contributed by atoms with van der Waals surface area (Å²) in [6.45, 7) is 6.32. The topological polar surface area (TPSA) is 38.9 Å².